The highest BCUT2D eigenvalue weighted by molar-refractivity contribution is 5.77. The molecule has 0 saturated carbocycles. The van der Waals surface area contributed by atoms with Crippen LogP contribution in [0.15, 0.2) is 36.7 Å². The highest BCUT2D eigenvalue weighted by Crippen LogP contribution is 2.21. The van der Waals surface area contributed by atoms with Gasteiger partial charge in [-0.3, -0.25) is 4.79 Å². The summed E-state index contributed by atoms with van der Waals surface area (Å²) in [7, 11) is 3.89. The Morgan fingerprint density at radius 3 is 2.50 bits per heavy atom. The van der Waals surface area contributed by atoms with Gasteiger partial charge in [0.15, 0.2) is 0 Å². The molecule has 2 N–H and O–H groups in total. The number of anilines is 1. The van der Waals surface area contributed by atoms with Gasteiger partial charge < -0.3 is 20.4 Å². The van der Waals surface area contributed by atoms with Gasteiger partial charge in [0.05, 0.1) is 6.54 Å². The second-order valence-electron chi connectivity index (χ2n) is 6.72. The summed E-state index contributed by atoms with van der Waals surface area (Å²) in [5, 5.41) is 0. The third kappa shape index (κ3) is 4.36. The zero-order valence-electron chi connectivity index (χ0n) is 15.4. The Morgan fingerprint density at radius 2 is 1.85 bits per heavy atom. The number of rotatable bonds is 5. The monoisotopic (exact) mass is 354 g/mol. The quantitative estimate of drug-likeness (QED) is 0.856. The largest absolute Gasteiger partial charge is 0.340 e. The van der Waals surface area contributed by atoms with Crippen molar-refractivity contribution in [3.8, 4) is 11.1 Å². The first-order chi connectivity index (χ1) is 12.6. The number of hydrogen-bond donors (Lipinski definition) is 1. The Labute approximate surface area is 154 Å². The molecule has 0 unspecified atom stereocenters. The third-order valence-corrected chi connectivity index (χ3v) is 4.70. The van der Waals surface area contributed by atoms with Crippen LogP contribution >= 0.6 is 0 Å². The minimum absolute atomic E-state index is 0.0256. The van der Waals surface area contributed by atoms with Crippen molar-refractivity contribution >= 4 is 11.9 Å². The SMILES string of the molecule is CN1CCN(c2ncc(-c3cccc(CN(C)C(=O)CN)c3)cn2)CC1. The summed E-state index contributed by atoms with van der Waals surface area (Å²) < 4.78 is 0. The number of piperazine rings is 1. The maximum Gasteiger partial charge on any atom is 0.236 e. The van der Waals surface area contributed by atoms with Crippen LogP contribution in [-0.4, -0.2) is 72.5 Å². The molecule has 0 radical (unpaired) electrons. The van der Waals surface area contributed by atoms with Crippen molar-refractivity contribution in [3.63, 3.8) is 0 Å². The Morgan fingerprint density at radius 1 is 1.15 bits per heavy atom. The van der Waals surface area contributed by atoms with Gasteiger partial charge in [-0.1, -0.05) is 18.2 Å². The molecule has 1 saturated heterocycles. The number of likely N-dealkylation sites (N-methyl/N-ethyl adjacent to an activating group) is 2. The molecule has 7 nitrogen and oxygen atoms in total. The highest BCUT2D eigenvalue weighted by atomic mass is 16.2. The molecule has 0 bridgehead atoms. The molecule has 0 spiro atoms. The van der Waals surface area contributed by atoms with Crippen molar-refractivity contribution in [1.29, 1.82) is 0 Å². The molecule has 3 rings (SSSR count). The molecule has 1 aliphatic heterocycles. The number of amides is 1. The van der Waals surface area contributed by atoms with E-state index in [0.29, 0.717) is 6.54 Å². The van der Waals surface area contributed by atoms with Crippen LogP contribution in [0.2, 0.25) is 0 Å². The van der Waals surface area contributed by atoms with Gasteiger partial charge >= 0.3 is 0 Å². The lowest BCUT2D eigenvalue weighted by Gasteiger charge is -2.32. The highest BCUT2D eigenvalue weighted by Gasteiger charge is 2.16. The Hall–Kier alpha value is -2.51. The smallest absolute Gasteiger partial charge is 0.236 e. The van der Waals surface area contributed by atoms with Crippen molar-refractivity contribution in [2.45, 2.75) is 6.54 Å². The van der Waals surface area contributed by atoms with Gasteiger partial charge in [-0.2, -0.15) is 0 Å². The van der Waals surface area contributed by atoms with Crippen LogP contribution in [0, 0.1) is 0 Å². The van der Waals surface area contributed by atoms with Crippen molar-refractivity contribution in [3.05, 3.63) is 42.2 Å². The molecule has 0 atom stereocenters. The number of carbonyl (C=O) groups excluding carboxylic acids is 1. The normalized spacial score (nSPS) is 15.1. The van der Waals surface area contributed by atoms with Crippen molar-refractivity contribution < 1.29 is 4.79 Å². The predicted octanol–water partition coefficient (Wildman–Crippen LogP) is 0.813. The van der Waals surface area contributed by atoms with Gasteiger partial charge in [0.25, 0.3) is 0 Å². The van der Waals surface area contributed by atoms with Gasteiger partial charge in [-0.15, -0.1) is 0 Å². The molecule has 2 heterocycles. The molecule has 1 aromatic heterocycles. The van der Waals surface area contributed by atoms with E-state index in [1.165, 1.54) is 0 Å². The fraction of sp³-hybridized carbons (Fsp3) is 0.421. The van der Waals surface area contributed by atoms with E-state index in [-0.39, 0.29) is 12.5 Å². The van der Waals surface area contributed by atoms with Crippen LogP contribution in [-0.2, 0) is 11.3 Å². The van der Waals surface area contributed by atoms with Crippen molar-refractivity contribution in [2.75, 3.05) is 51.7 Å². The zero-order chi connectivity index (χ0) is 18.5. The van der Waals surface area contributed by atoms with Crippen LogP contribution < -0.4 is 10.6 Å². The van der Waals surface area contributed by atoms with Crippen LogP contribution in [0.5, 0.6) is 0 Å². The summed E-state index contributed by atoms with van der Waals surface area (Å²) in [6.07, 6.45) is 3.74. The number of hydrogen-bond acceptors (Lipinski definition) is 6. The Bertz CT molecular complexity index is 740. The molecular weight excluding hydrogens is 328 g/mol. The number of nitrogens with zero attached hydrogens (tertiary/aromatic N) is 5. The summed E-state index contributed by atoms with van der Waals surface area (Å²) in [5.41, 5.74) is 8.48. The maximum absolute atomic E-state index is 11.7. The first-order valence-corrected chi connectivity index (χ1v) is 8.85. The second-order valence-corrected chi connectivity index (χ2v) is 6.72. The van der Waals surface area contributed by atoms with Gasteiger partial charge in [-0.05, 0) is 24.2 Å². The Kier molecular flexibility index (Phi) is 5.80. The number of nitrogens with two attached hydrogens (primary N) is 1. The van der Waals surface area contributed by atoms with Gasteiger partial charge in [0, 0.05) is 57.7 Å². The minimum atomic E-state index is -0.0738. The fourth-order valence-corrected chi connectivity index (χ4v) is 3.01. The van der Waals surface area contributed by atoms with E-state index in [1.807, 2.05) is 30.6 Å². The first-order valence-electron chi connectivity index (χ1n) is 8.85. The van der Waals surface area contributed by atoms with E-state index in [1.54, 1.807) is 11.9 Å². The number of carbonyl (C=O) groups is 1. The third-order valence-electron chi connectivity index (χ3n) is 4.70. The molecular formula is C19H26N6O. The molecule has 1 aromatic carbocycles. The number of benzene rings is 1. The van der Waals surface area contributed by atoms with Crippen LogP contribution in [0.25, 0.3) is 11.1 Å². The van der Waals surface area contributed by atoms with E-state index in [9.17, 15) is 4.79 Å². The predicted molar refractivity (Wildman–Crippen MR) is 103 cm³/mol. The molecule has 26 heavy (non-hydrogen) atoms. The summed E-state index contributed by atoms with van der Waals surface area (Å²) in [6, 6.07) is 8.08. The minimum Gasteiger partial charge on any atom is -0.340 e. The summed E-state index contributed by atoms with van der Waals surface area (Å²) in [5.74, 6) is 0.710. The summed E-state index contributed by atoms with van der Waals surface area (Å²) in [4.78, 5) is 26.9. The topological polar surface area (TPSA) is 78.6 Å². The van der Waals surface area contributed by atoms with E-state index in [4.69, 9.17) is 5.73 Å². The van der Waals surface area contributed by atoms with Crippen LogP contribution in [0.4, 0.5) is 5.95 Å². The lowest BCUT2D eigenvalue weighted by Crippen LogP contribution is -2.45. The van der Waals surface area contributed by atoms with Gasteiger partial charge in [-0.25, -0.2) is 9.97 Å². The Balaban J connectivity index is 1.71. The average molecular weight is 354 g/mol. The lowest BCUT2D eigenvalue weighted by atomic mass is 10.1. The second kappa shape index (κ2) is 8.25. The van der Waals surface area contributed by atoms with Crippen LogP contribution in [0.3, 0.4) is 0 Å². The molecule has 138 valence electrons. The molecule has 1 amide bonds. The standard InChI is InChI=1S/C19H26N6O/c1-23-6-8-25(9-7-23)19-21-12-17(13-22-19)16-5-3-4-15(10-16)14-24(2)18(26)11-20/h3-5,10,12-13H,6-9,11,14,20H2,1-2H3. The van der Waals surface area contributed by atoms with E-state index in [2.05, 4.69) is 32.9 Å². The summed E-state index contributed by atoms with van der Waals surface area (Å²) >= 11 is 0. The lowest BCUT2D eigenvalue weighted by molar-refractivity contribution is -0.128. The van der Waals surface area contributed by atoms with Gasteiger partial charge in [0.1, 0.15) is 0 Å². The molecule has 7 heteroatoms. The van der Waals surface area contributed by atoms with E-state index >= 15 is 0 Å². The molecule has 2 aromatic rings. The molecule has 0 aliphatic carbocycles. The van der Waals surface area contributed by atoms with E-state index < -0.39 is 0 Å². The first kappa shape index (κ1) is 18.3. The van der Waals surface area contributed by atoms with Crippen molar-refractivity contribution in [1.82, 2.24) is 19.8 Å². The molecule has 1 aliphatic rings. The fourth-order valence-electron chi connectivity index (χ4n) is 3.01. The van der Waals surface area contributed by atoms with E-state index in [0.717, 1.165) is 48.8 Å². The zero-order valence-corrected chi connectivity index (χ0v) is 15.4. The van der Waals surface area contributed by atoms with Crippen LogP contribution in [0.1, 0.15) is 5.56 Å². The summed E-state index contributed by atoms with van der Waals surface area (Å²) in [6.45, 7) is 4.52. The van der Waals surface area contributed by atoms with Gasteiger partial charge in [0.2, 0.25) is 11.9 Å². The number of aromatic nitrogens is 2. The maximum atomic E-state index is 11.7. The average Bonchev–Trinajstić information content (AvgIpc) is 2.68. The molecule has 1 fully saturated rings. The van der Waals surface area contributed by atoms with Crippen molar-refractivity contribution in [2.24, 2.45) is 5.73 Å².